The van der Waals surface area contributed by atoms with Crippen LogP contribution in [0.3, 0.4) is 0 Å². The van der Waals surface area contributed by atoms with Crippen LogP contribution in [0.25, 0.3) is 0 Å². The Morgan fingerprint density at radius 3 is 2.67 bits per heavy atom. The van der Waals surface area contributed by atoms with Gasteiger partial charge in [0.2, 0.25) is 5.91 Å². The number of hydrogen-bond acceptors (Lipinski definition) is 2. The first-order valence-corrected chi connectivity index (χ1v) is 7.58. The lowest BCUT2D eigenvalue weighted by molar-refractivity contribution is -0.122. The second-order valence-electron chi connectivity index (χ2n) is 4.14. The van der Waals surface area contributed by atoms with Crippen molar-refractivity contribution in [3.05, 3.63) is 32.7 Å². The molecule has 3 nitrogen and oxygen atoms in total. The first-order chi connectivity index (χ1) is 8.54. The molecule has 0 saturated heterocycles. The Bertz CT molecular complexity index is 410. The molecule has 0 heterocycles. The van der Waals surface area contributed by atoms with Gasteiger partial charge in [-0.2, -0.15) is 0 Å². The van der Waals surface area contributed by atoms with Gasteiger partial charge < -0.3 is 10.6 Å². The second-order valence-corrected chi connectivity index (χ2v) is 5.85. The van der Waals surface area contributed by atoms with Crippen LogP contribution in [0.5, 0.6) is 0 Å². The average molecular weight is 378 g/mol. The van der Waals surface area contributed by atoms with Crippen LogP contribution in [0.4, 0.5) is 0 Å². The lowest BCUT2D eigenvalue weighted by Gasteiger charge is -2.14. The summed E-state index contributed by atoms with van der Waals surface area (Å²) in [6.45, 7) is 5.32. The van der Waals surface area contributed by atoms with E-state index in [1.54, 1.807) is 0 Å². The average Bonchev–Trinajstić information content (AvgIpc) is 2.36. The number of amides is 1. The SMILES string of the molecule is CCCNC(=O)C(C)NCc1ccc(Br)c(Br)c1. The van der Waals surface area contributed by atoms with E-state index in [-0.39, 0.29) is 11.9 Å². The van der Waals surface area contributed by atoms with Gasteiger partial charge >= 0.3 is 0 Å². The molecule has 2 N–H and O–H groups in total. The number of hydrogen-bond donors (Lipinski definition) is 2. The van der Waals surface area contributed by atoms with Gasteiger partial charge in [-0.25, -0.2) is 0 Å². The van der Waals surface area contributed by atoms with Gasteiger partial charge in [-0.05, 0) is 62.9 Å². The molecule has 1 aromatic rings. The molecule has 0 saturated carbocycles. The highest BCUT2D eigenvalue weighted by molar-refractivity contribution is 9.13. The van der Waals surface area contributed by atoms with Gasteiger partial charge in [0, 0.05) is 22.0 Å². The Morgan fingerprint density at radius 1 is 1.33 bits per heavy atom. The van der Waals surface area contributed by atoms with E-state index in [2.05, 4.69) is 42.5 Å². The Balaban J connectivity index is 2.44. The number of halogens is 2. The topological polar surface area (TPSA) is 41.1 Å². The van der Waals surface area contributed by atoms with Crippen LogP contribution in [0, 0.1) is 0 Å². The van der Waals surface area contributed by atoms with Crippen LogP contribution in [-0.2, 0) is 11.3 Å². The molecule has 100 valence electrons. The third kappa shape index (κ3) is 5.08. The minimum atomic E-state index is -0.182. The molecule has 0 aromatic heterocycles. The molecular weight excluding hydrogens is 360 g/mol. The number of carbonyl (C=O) groups is 1. The van der Waals surface area contributed by atoms with Crippen molar-refractivity contribution in [2.45, 2.75) is 32.9 Å². The molecule has 1 atom stereocenters. The summed E-state index contributed by atoms with van der Waals surface area (Å²) in [6, 6.07) is 5.87. The van der Waals surface area contributed by atoms with Crippen molar-refractivity contribution in [1.29, 1.82) is 0 Å². The van der Waals surface area contributed by atoms with E-state index in [4.69, 9.17) is 0 Å². The second kappa shape index (κ2) is 7.92. The summed E-state index contributed by atoms with van der Waals surface area (Å²) in [4.78, 5) is 11.7. The Labute approximate surface area is 125 Å². The van der Waals surface area contributed by atoms with Crippen molar-refractivity contribution in [1.82, 2.24) is 10.6 Å². The molecule has 0 aliphatic heterocycles. The van der Waals surface area contributed by atoms with E-state index in [1.165, 1.54) is 0 Å². The molecular formula is C13H18Br2N2O. The summed E-state index contributed by atoms with van der Waals surface area (Å²) in [5.41, 5.74) is 1.14. The van der Waals surface area contributed by atoms with Crippen molar-refractivity contribution >= 4 is 37.8 Å². The molecule has 1 unspecified atom stereocenters. The van der Waals surface area contributed by atoms with Gasteiger partial charge in [0.1, 0.15) is 0 Å². The molecule has 1 rings (SSSR count). The maximum Gasteiger partial charge on any atom is 0.236 e. The molecule has 0 aliphatic rings. The van der Waals surface area contributed by atoms with Crippen molar-refractivity contribution in [3.8, 4) is 0 Å². The van der Waals surface area contributed by atoms with Crippen LogP contribution >= 0.6 is 31.9 Å². The highest BCUT2D eigenvalue weighted by Crippen LogP contribution is 2.23. The molecule has 0 spiro atoms. The number of rotatable bonds is 6. The maximum atomic E-state index is 11.7. The monoisotopic (exact) mass is 376 g/mol. The summed E-state index contributed by atoms with van der Waals surface area (Å²) in [5, 5.41) is 6.08. The van der Waals surface area contributed by atoms with Gasteiger partial charge in [0.15, 0.2) is 0 Å². The van der Waals surface area contributed by atoms with Gasteiger partial charge in [0.25, 0.3) is 0 Å². The summed E-state index contributed by atoms with van der Waals surface area (Å²) in [6.07, 6.45) is 0.956. The minimum Gasteiger partial charge on any atom is -0.355 e. The standard InChI is InChI=1S/C13H18Br2N2O/c1-3-6-16-13(18)9(2)17-8-10-4-5-11(14)12(15)7-10/h4-5,7,9,17H,3,6,8H2,1-2H3,(H,16,18). The van der Waals surface area contributed by atoms with Gasteiger partial charge in [-0.1, -0.05) is 13.0 Å². The lowest BCUT2D eigenvalue weighted by atomic mass is 10.2. The zero-order chi connectivity index (χ0) is 13.5. The summed E-state index contributed by atoms with van der Waals surface area (Å²) in [7, 11) is 0. The van der Waals surface area contributed by atoms with Crippen molar-refractivity contribution in [2.24, 2.45) is 0 Å². The molecule has 18 heavy (non-hydrogen) atoms. The summed E-state index contributed by atoms with van der Waals surface area (Å²) < 4.78 is 2.05. The van der Waals surface area contributed by atoms with Gasteiger partial charge in [0.05, 0.1) is 6.04 Å². The maximum absolute atomic E-state index is 11.7. The molecule has 1 aromatic carbocycles. The number of carbonyl (C=O) groups excluding carboxylic acids is 1. The van der Waals surface area contributed by atoms with Crippen LogP contribution < -0.4 is 10.6 Å². The van der Waals surface area contributed by atoms with E-state index in [0.29, 0.717) is 6.54 Å². The van der Waals surface area contributed by atoms with E-state index < -0.39 is 0 Å². The Kier molecular flexibility index (Phi) is 6.89. The minimum absolute atomic E-state index is 0.0491. The summed E-state index contributed by atoms with van der Waals surface area (Å²) >= 11 is 6.89. The first-order valence-electron chi connectivity index (χ1n) is 5.99. The van der Waals surface area contributed by atoms with Crippen LogP contribution in [-0.4, -0.2) is 18.5 Å². The smallest absolute Gasteiger partial charge is 0.236 e. The molecule has 0 radical (unpaired) electrons. The Morgan fingerprint density at radius 2 is 2.06 bits per heavy atom. The van der Waals surface area contributed by atoms with Crippen molar-refractivity contribution < 1.29 is 4.79 Å². The quantitative estimate of drug-likeness (QED) is 0.799. The van der Waals surface area contributed by atoms with E-state index in [0.717, 1.165) is 27.5 Å². The van der Waals surface area contributed by atoms with Crippen molar-refractivity contribution in [3.63, 3.8) is 0 Å². The number of nitrogens with one attached hydrogen (secondary N) is 2. The fraction of sp³-hybridized carbons (Fsp3) is 0.462. The fourth-order valence-corrected chi connectivity index (χ4v) is 2.09. The Hall–Kier alpha value is -0.390. The van der Waals surface area contributed by atoms with Crippen LogP contribution in [0.2, 0.25) is 0 Å². The molecule has 0 fully saturated rings. The van der Waals surface area contributed by atoms with E-state index in [9.17, 15) is 4.79 Å². The van der Waals surface area contributed by atoms with Gasteiger partial charge in [-0.15, -0.1) is 0 Å². The van der Waals surface area contributed by atoms with E-state index >= 15 is 0 Å². The zero-order valence-corrected chi connectivity index (χ0v) is 13.8. The predicted molar refractivity (Wildman–Crippen MR) is 81.4 cm³/mol. The lowest BCUT2D eigenvalue weighted by Crippen LogP contribution is -2.42. The normalized spacial score (nSPS) is 12.2. The highest BCUT2D eigenvalue weighted by atomic mass is 79.9. The van der Waals surface area contributed by atoms with E-state index in [1.807, 2.05) is 32.0 Å². The highest BCUT2D eigenvalue weighted by Gasteiger charge is 2.11. The molecule has 1 amide bonds. The van der Waals surface area contributed by atoms with Crippen LogP contribution in [0.1, 0.15) is 25.8 Å². The zero-order valence-electron chi connectivity index (χ0n) is 10.6. The van der Waals surface area contributed by atoms with Crippen LogP contribution in [0.15, 0.2) is 27.1 Å². The first kappa shape index (κ1) is 15.7. The largest absolute Gasteiger partial charge is 0.355 e. The number of benzene rings is 1. The predicted octanol–water partition coefficient (Wildman–Crippen LogP) is 3.22. The molecule has 0 aliphatic carbocycles. The third-order valence-corrected chi connectivity index (χ3v) is 4.42. The third-order valence-electron chi connectivity index (χ3n) is 2.54. The molecule has 0 bridgehead atoms. The molecule has 5 heteroatoms. The fourth-order valence-electron chi connectivity index (χ4n) is 1.41. The summed E-state index contributed by atoms with van der Waals surface area (Å²) in [5.74, 6) is 0.0491. The van der Waals surface area contributed by atoms with Crippen molar-refractivity contribution in [2.75, 3.05) is 6.54 Å². The van der Waals surface area contributed by atoms with Gasteiger partial charge in [-0.3, -0.25) is 4.79 Å².